The van der Waals surface area contributed by atoms with Crippen LogP contribution in [0.4, 0.5) is 0 Å². The quantitative estimate of drug-likeness (QED) is 0.333. The van der Waals surface area contributed by atoms with Gasteiger partial charge in [-0.3, -0.25) is 14.6 Å². The van der Waals surface area contributed by atoms with Crippen LogP contribution in [0.1, 0.15) is 49.1 Å². The van der Waals surface area contributed by atoms with E-state index in [1.807, 2.05) is 31.2 Å². The summed E-state index contributed by atoms with van der Waals surface area (Å²) >= 11 is 14.1. The van der Waals surface area contributed by atoms with Gasteiger partial charge in [-0.25, -0.2) is 0 Å². The summed E-state index contributed by atoms with van der Waals surface area (Å²) < 4.78 is 2.23. The van der Waals surface area contributed by atoms with E-state index in [1.165, 1.54) is 6.92 Å². The number of halogens is 2. The average molecular weight is 550 g/mol. The summed E-state index contributed by atoms with van der Waals surface area (Å²) in [7, 11) is 0. The number of aromatic nitrogens is 2. The van der Waals surface area contributed by atoms with Crippen LogP contribution in [-0.2, 0) is 22.7 Å². The first-order valence-corrected chi connectivity index (χ1v) is 13.1. The molecule has 0 fully saturated rings. The van der Waals surface area contributed by atoms with Crippen molar-refractivity contribution in [2.24, 2.45) is 0 Å². The lowest BCUT2D eigenvalue weighted by atomic mass is 10.0. The highest BCUT2D eigenvalue weighted by Crippen LogP contribution is 2.41. The minimum atomic E-state index is -1.01. The molecular weight excluding hydrogens is 519 g/mol. The Kier molecular flexibility index (Phi) is 9.84. The van der Waals surface area contributed by atoms with Gasteiger partial charge < -0.3 is 20.3 Å². The third kappa shape index (κ3) is 7.03. The Morgan fingerprint density at radius 2 is 1.78 bits per heavy atom. The molecule has 3 rings (SSSR count). The Labute approximate surface area is 225 Å². The van der Waals surface area contributed by atoms with Crippen molar-refractivity contribution in [2.75, 3.05) is 6.61 Å². The summed E-state index contributed by atoms with van der Waals surface area (Å²) in [5, 5.41) is 17.1. The lowest BCUT2D eigenvalue weighted by Crippen LogP contribution is -2.48. The second-order valence-electron chi connectivity index (χ2n) is 8.74. The second kappa shape index (κ2) is 12.6. The van der Waals surface area contributed by atoms with Crippen LogP contribution >= 0.6 is 35.0 Å². The maximum absolute atomic E-state index is 12.7. The van der Waals surface area contributed by atoms with Crippen molar-refractivity contribution in [2.45, 2.75) is 62.7 Å². The van der Waals surface area contributed by atoms with Crippen LogP contribution in [0.5, 0.6) is 0 Å². The first-order valence-electron chi connectivity index (χ1n) is 11.5. The van der Waals surface area contributed by atoms with Gasteiger partial charge in [-0.1, -0.05) is 48.8 Å². The number of nitrogens with zero attached hydrogens (tertiary/aromatic N) is 2. The number of pyridine rings is 1. The van der Waals surface area contributed by atoms with E-state index < -0.39 is 18.6 Å². The molecule has 2 aromatic heterocycles. The zero-order chi connectivity index (χ0) is 26.4. The van der Waals surface area contributed by atoms with Crippen molar-refractivity contribution in [1.29, 1.82) is 0 Å². The molecule has 2 heterocycles. The molecular formula is C26H30Cl2N4O3S. The van der Waals surface area contributed by atoms with Crippen LogP contribution in [-0.4, -0.2) is 39.1 Å². The highest BCUT2D eigenvalue weighted by molar-refractivity contribution is 7.99. The predicted molar refractivity (Wildman–Crippen MR) is 144 cm³/mol. The third-order valence-electron chi connectivity index (χ3n) is 5.68. The van der Waals surface area contributed by atoms with Crippen LogP contribution in [0.2, 0.25) is 10.0 Å². The molecule has 0 radical (unpaired) electrons. The van der Waals surface area contributed by atoms with E-state index in [2.05, 4.69) is 34.0 Å². The molecule has 3 aromatic rings. The Morgan fingerprint density at radius 3 is 2.33 bits per heavy atom. The largest absolute Gasteiger partial charge is 0.394 e. The van der Waals surface area contributed by atoms with Gasteiger partial charge in [0.2, 0.25) is 11.8 Å². The van der Waals surface area contributed by atoms with Crippen LogP contribution in [0.25, 0.3) is 0 Å². The van der Waals surface area contributed by atoms with Crippen molar-refractivity contribution < 1.29 is 14.7 Å². The smallest absolute Gasteiger partial charge is 0.245 e. The minimum absolute atomic E-state index is 0.149. The van der Waals surface area contributed by atoms with Gasteiger partial charge in [-0.05, 0) is 59.9 Å². The van der Waals surface area contributed by atoms with Gasteiger partial charge in [-0.15, -0.1) is 0 Å². The average Bonchev–Trinajstić information content (AvgIpc) is 3.06. The second-order valence-corrected chi connectivity index (χ2v) is 10.7. The summed E-state index contributed by atoms with van der Waals surface area (Å²) in [5.74, 6) is -0.680. The molecule has 0 saturated heterocycles. The molecule has 2 amide bonds. The number of nitrogens with one attached hydrogen (secondary N) is 2. The van der Waals surface area contributed by atoms with Crippen molar-refractivity contribution in [3.05, 3.63) is 75.2 Å². The van der Waals surface area contributed by atoms with Gasteiger partial charge in [0.25, 0.3) is 0 Å². The number of benzene rings is 1. The lowest BCUT2D eigenvalue weighted by molar-refractivity contribution is -0.129. The molecule has 0 unspecified atom stereocenters. The van der Waals surface area contributed by atoms with E-state index in [9.17, 15) is 14.7 Å². The molecule has 0 saturated carbocycles. The van der Waals surface area contributed by atoms with Crippen molar-refractivity contribution in [3.8, 4) is 0 Å². The van der Waals surface area contributed by atoms with E-state index in [0.29, 0.717) is 16.6 Å². The van der Waals surface area contributed by atoms with Crippen LogP contribution in [0.3, 0.4) is 0 Å². The molecule has 0 aliphatic heterocycles. The number of carbonyl (C=O) groups excluding carboxylic acids is 2. The zero-order valence-corrected chi connectivity index (χ0v) is 23.0. The summed E-state index contributed by atoms with van der Waals surface area (Å²) in [4.78, 5) is 29.1. The normalized spacial score (nSPS) is 12.0. The fourth-order valence-electron chi connectivity index (χ4n) is 4.01. The molecule has 0 spiro atoms. The molecule has 192 valence electrons. The topological polar surface area (TPSA) is 96.3 Å². The van der Waals surface area contributed by atoms with Crippen LogP contribution < -0.4 is 10.6 Å². The first-order chi connectivity index (χ1) is 17.1. The van der Waals surface area contributed by atoms with Crippen LogP contribution in [0.15, 0.2) is 52.6 Å². The first kappa shape index (κ1) is 28.1. The highest BCUT2D eigenvalue weighted by Gasteiger charge is 2.25. The van der Waals surface area contributed by atoms with E-state index in [1.54, 1.807) is 30.2 Å². The maximum atomic E-state index is 12.7. The number of aliphatic hydroxyl groups excluding tert-OH is 1. The van der Waals surface area contributed by atoms with E-state index >= 15 is 0 Å². The number of hydrogen-bond acceptors (Lipinski definition) is 5. The Balaban J connectivity index is 2.04. The number of aliphatic hydroxyl groups is 1. The molecule has 0 aliphatic rings. The molecule has 36 heavy (non-hydrogen) atoms. The summed E-state index contributed by atoms with van der Waals surface area (Å²) in [6, 6.07) is 8.39. The molecule has 10 heteroatoms. The summed E-state index contributed by atoms with van der Waals surface area (Å²) in [5.41, 5.74) is 4.18. The SMILES string of the molecule is CC(=O)N[C@@H](CO)C(=O)NCc1c(C(C)C)c(Sc2cc(Cl)cc(Cl)c2)n(Cc2ccncc2)c1C. The van der Waals surface area contributed by atoms with Gasteiger partial charge >= 0.3 is 0 Å². The van der Waals surface area contributed by atoms with Crippen molar-refractivity contribution >= 4 is 46.8 Å². The van der Waals surface area contributed by atoms with E-state index in [0.717, 1.165) is 32.3 Å². The number of carbonyl (C=O) groups is 2. The molecule has 0 aliphatic carbocycles. The van der Waals surface area contributed by atoms with Crippen LogP contribution in [0, 0.1) is 6.92 Å². The molecule has 1 atom stereocenters. The zero-order valence-electron chi connectivity index (χ0n) is 20.6. The fourth-order valence-corrected chi connectivity index (χ4v) is 6.04. The third-order valence-corrected chi connectivity index (χ3v) is 7.22. The summed E-state index contributed by atoms with van der Waals surface area (Å²) in [6.45, 7) is 7.94. The van der Waals surface area contributed by atoms with Crippen molar-refractivity contribution in [1.82, 2.24) is 20.2 Å². The molecule has 1 aromatic carbocycles. The Morgan fingerprint density at radius 1 is 1.14 bits per heavy atom. The number of amides is 2. The maximum Gasteiger partial charge on any atom is 0.245 e. The number of hydrogen-bond donors (Lipinski definition) is 3. The molecule has 0 bridgehead atoms. The van der Waals surface area contributed by atoms with E-state index in [4.69, 9.17) is 23.2 Å². The Bertz CT molecular complexity index is 1210. The van der Waals surface area contributed by atoms with Gasteiger partial charge in [0, 0.05) is 53.0 Å². The summed E-state index contributed by atoms with van der Waals surface area (Å²) in [6.07, 6.45) is 3.53. The molecule has 3 N–H and O–H groups in total. The van der Waals surface area contributed by atoms with Gasteiger partial charge in [0.05, 0.1) is 11.6 Å². The number of rotatable bonds is 10. The van der Waals surface area contributed by atoms with Gasteiger partial charge in [0.15, 0.2) is 0 Å². The minimum Gasteiger partial charge on any atom is -0.394 e. The highest BCUT2D eigenvalue weighted by atomic mass is 35.5. The van der Waals surface area contributed by atoms with E-state index in [-0.39, 0.29) is 18.4 Å². The Hall–Kier alpha value is -2.52. The van der Waals surface area contributed by atoms with Crippen molar-refractivity contribution in [3.63, 3.8) is 0 Å². The fraction of sp³-hybridized carbons (Fsp3) is 0.346. The molecule has 7 nitrogen and oxygen atoms in total. The standard InChI is InChI=1S/C26H30Cl2N4O3S/c1-15(2)24-22(12-30-25(35)23(14-33)31-17(4)34)16(3)32(13-18-5-7-29-8-6-18)26(24)36-21-10-19(27)9-20(28)11-21/h5-11,15,23,33H,12-14H2,1-4H3,(H,30,35)(H,31,34)/t23-/m0/s1. The predicted octanol–water partition coefficient (Wildman–Crippen LogP) is 4.93. The lowest BCUT2D eigenvalue weighted by Gasteiger charge is -2.16. The van der Waals surface area contributed by atoms with Gasteiger partial charge in [0.1, 0.15) is 6.04 Å². The van der Waals surface area contributed by atoms with Gasteiger partial charge in [-0.2, -0.15) is 0 Å². The monoisotopic (exact) mass is 548 g/mol.